The number of hydrogen-bond donors (Lipinski definition) is 0. The molecule has 2 nitrogen and oxygen atoms in total. The molecule has 1 atom stereocenters. The zero-order valence-corrected chi connectivity index (χ0v) is 8.91. The normalized spacial score (nSPS) is 12.2. The van der Waals surface area contributed by atoms with E-state index in [2.05, 4.69) is 18.6 Å². The van der Waals surface area contributed by atoms with E-state index in [1.54, 1.807) is 6.07 Å². The van der Waals surface area contributed by atoms with E-state index in [0.717, 1.165) is 6.42 Å². The maximum absolute atomic E-state index is 11.3. The Kier molecular flexibility index (Phi) is 3.69. The van der Waals surface area contributed by atoms with Crippen molar-refractivity contribution in [2.75, 3.05) is 7.11 Å². The summed E-state index contributed by atoms with van der Waals surface area (Å²) in [7, 11) is 1.40. The number of esters is 1. The Labute approximate surface area is 84.9 Å². The molecule has 0 aliphatic heterocycles. The van der Waals surface area contributed by atoms with Crippen LogP contribution < -0.4 is 0 Å². The molecule has 0 amide bonds. The fourth-order valence-electron chi connectivity index (χ4n) is 1.33. The molecule has 0 saturated heterocycles. The number of ether oxygens (including phenoxy) is 1. The minimum atomic E-state index is -0.268. The lowest BCUT2D eigenvalue weighted by molar-refractivity contribution is 0.0600. The first-order chi connectivity index (χ1) is 6.69. The lowest BCUT2D eigenvalue weighted by Gasteiger charge is -2.09. The molecule has 0 aromatic heterocycles. The van der Waals surface area contributed by atoms with E-state index in [1.807, 2.05) is 18.2 Å². The third-order valence-corrected chi connectivity index (χ3v) is 2.49. The summed E-state index contributed by atoms with van der Waals surface area (Å²) in [5, 5.41) is 0. The van der Waals surface area contributed by atoms with Crippen LogP contribution in [0.3, 0.4) is 0 Å². The Morgan fingerprint density at radius 3 is 2.79 bits per heavy atom. The Bertz CT molecular complexity index is 318. The van der Waals surface area contributed by atoms with Gasteiger partial charge in [0, 0.05) is 0 Å². The van der Waals surface area contributed by atoms with Crippen molar-refractivity contribution in [3.8, 4) is 0 Å². The fraction of sp³-hybridized carbons (Fsp3) is 0.417. The van der Waals surface area contributed by atoms with Crippen LogP contribution in [-0.2, 0) is 4.74 Å². The second-order valence-corrected chi connectivity index (χ2v) is 3.43. The highest BCUT2D eigenvalue weighted by Gasteiger charge is 2.08. The Morgan fingerprint density at radius 1 is 1.50 bits per heavy atom. The first-order valence-electron chi connectivity index (χ1n) is 4.87. The predicted octanol–water partition coefficient (Wildman–Crippen LogP) is 2.99. The van der Waals surface area contributed by atoms with E-state index < -0.39 is 0 Å². The summed E-state index contributed by atoms with van der Waals surface area (Å²) < 4.78 is 4.67. The summed E-state index contributed by atoms with van der Waals surface area (Å²) in [6.07, 6.45) is 1.07. The minimum absolute atomic E-state index is 0.268. The summed E-state index contributed by atoms with van der Waals surface area (Å²) in [4.78, 5) is 11.3. The van der Waals surface area contributed by atoms with Gasteiger partial charge in [-0.2, -0.15) is 0 Å². The lowest BCUT2D eigenvalue weighted by atomic mass is 9.97. The highest BCUT2D eigenvalue weighted by molar-refractivity contribution is 5.89. The van der Waals surface area contributed by atoms with E-state index in [9.17, 15) is 4.79 Å². The third-order valence-electron chi connectivity index (χ3n) is 2.49. The number of benzene rings is 1. The predicted molar refractivity (Wildman–Crippen MR) is 56.5 cm³/mol. The molecule has 0 aliphatic carbocycles. The van der Waals surface area contributed by atoms with Crippen molar-refractivity contribution in [3.63, 3.8) is 0 Å². The fourth-order valence-corrected chi connectivity index (χ4v) is 1.33. The van der Waals surface area contributed by atoms with Crippen LogP contribution in [0.2, 0.25) is 0 Å². The van der Waals surface area contributed by atoms with Crippen molar-refractivity contribution in [1.82, 2.24) is 0 Å². The van der Waals surface area contributed by atoms with E-state index in [-0.39, 0.29) is 5.97 Å². The molecule has 0 fully saturated rings. The van der Waals surface area contributed by atoms with Gasteiger partial charge in [0.25, 0.3) is 0 Å². The van der Waals surface area contributed by atoms with Gasteiger partial charge in [-0.1, -0.05) is 26.0 Å². The van der Waals surface area contributed by atoms with Crippen LogP contribution >= 0.6 is 0 Å². The zero-order valence-electron chi connectivity index (χ0n) is 8.91. The zero-order chi connectivity index (χ0) is 10.6. The van der Waals surface area contributed by atoms with Crippen molar-refractivity contribution in [3.05, 3.63) is 35.4 Å². The van der Waals surface area contributed by atoms with Crippen molar-refractivity contribution < 1.29 is 9.53 Å². The SMILES string of the molecule is CC[C@@H](C)c1cccc(C(=O)OC)c1. The van der Waals surface area contributed by atoms with Gasteiger partial charge in [0.1, 0.15) is 0 Å². The summed E-state index contributed by atoms with van der Waals surface area (Å²) in [6.45, 7) is 4.28. The van der Waals surface area contributed by atoms with Crippen LogP contribution in [0.4, 0.5) is 0 Å². The molecule has 0 aliphatic rings. The molecule has 1 aromatic carbocycles. The monoisotopic (exact) mass is 192 g/mol. The molecule has 1 rings (SSSR count). The molecular formula is C12H16O2. The van der Waals surface area contributed by atoms with Crippen LogP contribution in [0.5, 0.6) is 0 Å². The smallest absolute Gasteiger partial charge is 0.337 e. The van der Waals surface area contributed by atoms with Crippen LogP contribution in [-0.4, -0.2) is 13.1 Å². The van der Waals surface area contributed by atoms with Gasteiger partial charge in [-0.15, -0.1) is 0 Å². The number of carbonyl (C=O) groups excluding carboxylic acids is 1. The maximum Gasteiger partial charge on any atom is 0.337 e. The van der Waals surface area contributed by atoms with Crippen LogP contribution in [0, 0.1) is 0 Å². The van der Waals surface area contributed by atoms with E-state index in [1.165, 1.54) is 12.7 Å². The van der Waals surface area contributed by atoms with Crippen molar-refractivity contribution in [1.29, 1.82) is 0 Å². The molecule has 0 spiro atoms. The van der Waals surface area contributed by atoms with E-state index >= 15 is 0 Å². The van der Waals surface area contributed by atoms with Crippen LogP contribution in [0.1, 0.15) is 42.1 Å². The standard InChI is InChI=1S/C12H16O2/c1-4-9(2)10-6-5-7-11(8-10)12(13)14-3/h5-9H,4H2,1-3H3/t9-/m1/s1. The molecule has 2 heteroatoms. The summed E-state index contributed by atoms with van der Waals surface area (Å²) in [6, 6.07) is 7.62. The summed E-state index contributed by atoms with van der Waals surface area (Å²) in [5.41, 5.74) is 1.82. The molecule has 1 aromatic rings. The molecule has 0 saturated carbocycles. The largest absolute Gasteiger partial charge is 0.465 e. The van der Waals surface area contributed by atoms with Gasteiger partial charge in [-0.25, -0.2) is 4.79 Å². The van der Waals surface area contributed by atoms with Gasteiger partial charge in [0.05, 0.1) is 12.7 Å². The average molecular weight is 192 g/mol. The Morgan fingerprint density at radius 2 is 2.21 bits per heavy atom. The first-order valence-corrected chi connectivity index (χ1v) is 4.87. The quantitative estimate of drug-likeness (QED) is 0.688. The van der Waals surface area contributed by atoms with Gasteiger partial charge in [-0.3, -0.25) is 0 Å². The Balaban J connectivity index is 2.95. The van der Waals surface area contributed by atoms with Crippen LogP contribution in [0.15, 0.2) is 24.3 Å². The highest BCUT2D eigenvalue weighted by Crippen LogP contribution is 2.19. The van der Waals surface area contributed by atoms with E-state index in [0.29, 0.717) is 11.5 Å². The van der Waals surface area contributed by atoms with Crippen molar-refractivity contribution in [2.45, 2.75) is 26.2 Å². The molecule has 76 valence electrons. The van der Waals surface area contributed by atoms with Gasteiger partial charge >= 0.3 is 5.97 Å². The van der Waals surface area contributed by atoms with Gasteiger partial charge in [-0.05, 0) is 30.0 Å². The third kappa shape index (κ3) is 2.34. The molecule has 0 heterocycles. The van der Waals surface area contributed by atoms with Gasteiger partial charge in [0.2, 0.25) is 0 Å². The van der Waals surface area contributed by atoms with E-state index in [4.69, 9.17) is 0 Å². The second kappa shape index (κ2) is 4.80. The second-order valence-electron chi connectivity index (χ2n) is 3.43. The maximum atomic E-state index is 11.3. The van der Waals surface area contributed by atoms with Gasteiger partial charge < -0.3 is 4.74 Å². The first kappa shape index (κ1) is 10.8. The molecule has 14 heavy (non-hydrogen) atoms. The molecular weight excluding hydrogens is 176 g/mol. The number of rotatable bonds is 3. The summed E-state index contributed by atoms with van der Waals surface area (Å²) in [5.74, 6) is 0.217. The Hall–Kier alpha value is -1.31. The summed E-state index contributed by atoms with van der Waals surface area (Å²) >= 11 is 0. The molecule has 0 bridgehead atoms. The molecule has 0 unspecified atom stereocenters. The number of carbonyl (C=O) groups is 1. The highest BCUT2D eigenvalue weighted by atomic mass is 16.5. The lowest BCUT2D eigenvalue weighted by Crippen LogP contribution is -2.02. The van der Waals surface area contributed by atoms with Crippen molar-refractivity contribution >= 4 is 5.97 Å². The average Bonchev–Trinajstić information content (AvgIpc) is 2.27. The van der Waals surface area contributed by atoms with Crippen LogP contribution in [0.25, 0.3) is 0 Å². The molecule has 0 radical (unpaired) electrons. The van der Waals surface area contributed by atoms with Crippen molar-refractivity contribution in [2.24, 2.45) is 0 Å². The number of methoxy groups -OCH3 is 1. The van der Waals surface area contributed by atoms with Gasteiger partial charge in [0.15, 0.2) is 0 Å². The topological polar surface area (TPSA) is 26.3 Å². The molecule has 0 N–H and O–H groups in total. The number of hydrogen-bond acceptors (Lipinski definition) is 2. The minimum Gasteiger partial charge on any atom is -0.465 e.